The Labute approximate surface area is 251 Å². The number of carbonyl (C=O) groups is 6. The molecule has 0 aromatic heterocycles. The monoisotopic (exact) mass is 608 g/mol. The summed E-state index contributed by atoms with van der Waals surface area (Å²) in [6, 6.07) is 0. The number of nitrogens with zero attached hydrogens (tertiary/aromatic N) is 4. The molecule has 2 aliphatic rings. The maximum Gasteiger partial charge on any atom is 0.352 e. The standard InChI is InChI=1S/C29H44N4O10/c1-21(30(3)19-27(40)42-32-23(36)7-8-24(32)37)11-15-29(13-5-17-34,14-6-18-35)16-12-22(2)31(4)20-28(41)43-33-25(38)9-10-26(33)39/h34-35H,1-2,5-20H2,3-4H3. The van der Waals surface area contributed by atoms with E-state index in [4.69, 9.17) is 9.68 Å². The van der Waals surface area contributed by atoms with E-state index in [9.17, 15) is 39.0 Å². The first-order chi connectivity index (χ1) is 20.3. The lowest BCUT2D eigenvalue weighted by Gasteiger charge is -2.36. The molecule has 240 valence electrons. The molecule has 0 bridgehead atoms. The molecule has 2 rings (SSSR count). The van der Waals surface area contributed by atoms with Crippen LogP contribution in [0.4, 0.5) is 0 Å². The number of aliphatic hydroxyl groups is 2. The fraction of sp³-hybridized carbons (Fsp3) is 0.655. The van der Waals surface area contributed by atoms with Crippen molar-refractivity contribution in [1.82, 2.24) is 19.9 Å². The van der Waals surface area contributed by atoms with Gasteiger partial charge < -0.3 is 29.7 Å². The van der Waals surface area contributed by atoms with Crippen molar-refractivity contribution in [2.45, 2.75) is 77.0 Å². The number of carbonyl (C=O) groups excluding carboxylic acids is 6. The van der Waals surface area contributed by atoms with Crippen LogP contribution in [0.25, 0.3) is 0 Å². The Morgan fingerprint density at radius 1 is 0.698 bits per heavy atom. The van der Waals surface area contributed by atoms with Crippen LogP contribution < -0.4 is 0 Å². The van der Waals surface area contributed by atoms with Gasteiger partial charge in [0.2, 0.25) is 0 Å². The topological polar surface area (TPSA) is 174 Å². The molecule has 2 fully saturated rings. The van der Waals surface area contributed by atoms with E-state index in [-0.39, 0.29) is 57.4 Å². The zero-order chi connectivity index (χ0) is 32.2. The summed E-state index contributed by atoms with van der Waals surface area (Å²) in [6.07, 6.45) is 4.59. The van der Waals surface area contributed by atoms with Gasteiger partial charge in [-0.25, -0.2) is 9.59 Å². The van der Waals surface area contributed by atoms with E-state index in [1.54, 1.807) is 23.9 Å². The van der Waals surface area contributed by atoms with E-state index in [1.165, 1.54) is 0 Å². The van der Waals surface area contributed by atoms with Crippen molar-refractivity contribution in [1.29, 1.82) is 0 Å². The molecule has 0 unspecified atom stereocenters. The van der Waals surface area contributed by atoms with Gasteiger partial charge in [-0.3, -0.25) is 19.2 Å². The fourth-order valence-corrected chi connectivity index (χ4v) is 5.05. The summed E-state index contributed by atoms with van der Waals surface area (Å²) < 4.78 is 0. The second-order valence-corrected chi connectivity index (χ2v) is 11.1. The van der Waals surface area contributed by atoms with Crippen molar-refractivity contribution < 1.29 is 48.7 Å². The van der Waals surface area contributed by atoms with Gasteiger partial charge in [-0.2, -0.15) is 0 Å². The molecule has 4 amide bonds. The van der Waals surface area contributed by atoms with E-state index in [2.05, 4.69) is 13.2 Å². The number of rotatable bonds is 20. The van der Waals surface area contributed by atoms with Gasteiger partial charge in [0.25, 0.3) is 23.6 Å². The summed E-state index contributed by atoms with van der Waals surface area (Å²) in [5, 5.41) is 20.2. The highest BCUT2D eigenvalue weighted by Gasteiger charge is 2.35. The van der Waals surface area contributed by atoms with Crippen molar-refractivity contribution in [3.05, 3.63) is 24.6 Å². The molecule has 2 aliphatic heterocycles. The van der Waals surface area contributed by atoms with Crippen LogP contribution in [0.5, 0.6) is 0 Å². The molecule has 14 heteroatoms. The predicted molar refractivity (Wildman–Crippen MR) is 151 cm³/mol. The Morgan fingerprint density at radius 3 is 1.33 bits per heavy atom. The summed E-state index contributed by atoms with van der Waals surface area (Å²) >= 11 is 0. The number of hydrogen-bond donors (Lipinski definition) is 2. The van der Waals surface area contributed by atoms with Crippen LogP contribution in [-0.4, -0.2) is 106 Å². The molecule has 2 N–H and O–H groups in total. The summed E-state index contributed by atoms with van der Waals surface area (Å²) in [4.78, 5) is 84.7. The average Bonchev–Trinajstić information content (AvgIpc) is 3.46. The van der Waals surface area contributed by atoms with Crippen LogP contribution in [0, 0.1) is 5.41 Å². The molecule has 0 aromatic carbocycles. The molecule has 2 heterocycles. The van der Waals surface area contributed by atoms with Crippen LogP contribution >= 0.6 is 0 Å². The Morgan fingerprint density at radius 2 is 1.02 bits per heavy atom. The zero-order valence-electron chi connectivity index (χ0n) is 25.2. The van der Waals surface area contributed by atoms with Crippen molar-refractivity contribution >= 4 is 35.6 Å². The maximum atomic E-state index is 12.3. The first kappa shape index (κ1) is 35.4. The van der Waals surface area contributed by atoms with Gasteiger partial charge in [-0.1, -0.05) is 13.2 Å². The van der Waals surface area contributed by atoms with Gasteiger partial charge >= 0.3 is 11.9 Å². The smallest absolute Gasteiger partial charge is 0.352 e. The van der Waals surface area contributed by atoms with E-state index < -0.39 is 35.6 Å². The molecule has 0 atom stereocenters. The summed E-state index contributed by atoms with van der Waals surface area (Å²) in [7, 11) is 3.30. The summed E-state index contributed by atoms with van der Waals surface area (Å²) in [5.41, 5.74) is 0.916. The van der Waals surface area contributed by atoms with E-state index in [1.807, 2.05) is 0 Å². The van der Waals surface area contributed by atoms with Gasteiger partial charge in [0.05, 0.1) is 0 Å². The highest BCUT2D eigenvalue weighted by molar-refractivity contribution is 6.02. The van der Waals surface area contributed by atoms with Crippen LogP contribution in [0.3, 0.4) is 0 Å². The molecule has 14 nitrogen and oxygen atoms in total. The van der Waals surface area contributed by atoms with Gasteiger partial charge in [0, 0.05) is 64.4 Å². The highest BCUT2D eigenvalue weighted by atomic mass is 16.7. The minimum Gasteiger partial charge on any atom is -0.396 e. The van der Waals surface area contributed by atoms with Crippen LogP contribution in [0.15, 0.2) is 24.6 Å². The summed E-state index contributed by atoms with van der Waals surface area (Å²) in [5.74, 6) is -3.76. The van der Waals surface area contributed by atoms with Gasteiger partial charge in [0.1, 0.15) is 13.1 Å². The Bertz CT molecular complexity index is 975. The molecule has 0 spiro atoms. The number of amides is 4. The SMILES string of the molecule is C=C(CCC(CCCO)(CCCO)CCC(=C)N(C)CC(=O)ON1C(=O)CCC1=O)N(C)CC(=O)ON1C(=O)CCC1=O. The van der Waals surface area contributed by atoms with Crippen molar-refractivity contribution in [3.63, 3.8) is 0 Å². The minimum absolute atomic E-state index is 0.00530. The van der Waals surface area contributed by atoms with E-state index in [0.29, 0.717) is 72.9 Å². The maximum absolute atomic E-state index is 12.3. The van der Waals surface area contributed by atoms with Crippen molar-refractivity contribution in [2.75, 3.05) is 40.4 Å². The lowest BCUT2D eigenvalue weighted by Crippen LogP contribution is -2.36. The molecule has 0 radical (unpaired) electrons. The molecule has 0 aromatic rings. The lowest BCUT2D eigenvalue weighted by molar-refractivity contribution is -0.197. The quantitative estimate of drug-likeness (QED) is 0.189. The van der Waals surface area contributed by atoms with Crippen LogP contribution in [0.2, 0.25) is 0 Å². The van der Waals surface area contributed by atoms with Crippen LogP contribution in [-0.2, 0) is 38.4 Å². The second-order valence-electron chi connectivity index (χ2n) is 11.1. The van der Waals surface area contributed by atoms with E-state index >= 15 is 0 Å². The average molecular weight is 609 g/mol. The molecular weight excluding hydrogens is 564 g/mol. The third-order valence-corrected chi connectivity index (χ3v) is 7.83. The van der Waals surface area contributed by atoms with Gasteiger partial charge in [-0.15, -0.1) is 10.1 Å². The lowest BCUT2D eigenvalue weighted by atomic mass is 9.71. The predicted octanol–water partition coefficient (Wildman–Crippen LogP) is 1.18. The molecule has 43 heavy (non-hydrogen) atoms. The van der Waals surface area contributed by atoms with Crippen molar-refractivity contribution in [3.8, 4) is 0 Å². The molecule has 2 saturated heterocycles. The largest absolute Gasteiger partial charge is 0.396 e. The van der Waals surface area contributed by atoms with Crippen LogP contribution in [0.1, 0.15) is 77.0 Å². The minimum atomic E-state index is -0.768. The first-order valence-electron chi connectivity index (χ1n) is 14.4. The Balaban J connectivity index is 1.97. The summed E-state index contributed by atoms with van der Waals surface area (Å²) in [6.45, 7) is 7.71. The van der Waals surface area contributed by atoms with E-state index in [0.717, 1.165) is 0 Å². The number of likely N-dealkylation sites (N-methyl/N-ethyl adjacent to an activating group) is 2. The third-order valence-electron chi connectivity index (χ3n) is 7.83. The molecule has 0 saturated carbocycles. The van der Waals surface area contributed by atoms with Gasteiger partial charge in [0.15, 0.2) is 0 Å². The van der Waals surface area contributed by atoms with Gasteiger partial charge in [-0.05, 0) is 56.8 Å². The third kappa shape index (κ3) is 10.8. The highest BCUT2D eigenvalue weighted by Crippen LogP contribution is 2.41. The number of hydrogen-bond acceptors (Lipinski definition) is 12. The first-order valence-corrected chi connectivity index (χ1v) is 14.4. The fourth-order valence-electron chi connectivity index (χ4n) is 5.05. The normalized spacial score (nSPS) is 15.3. The molecule has 0 aliphatic carbocycles. The number of allylic oxidation sites excluding steroid dienone is 2. The number of imide groups is 2. The number of aliphatic hydroxyl groups excluding tert-OH is 2. The molecular formula is C29H44N4O10. The second kappa shape index (κ2) is 16.8. The Kier molecular flexibility index (Phi) is 13.8. The Hall–Kier alpha value is -3.78. The number of hydroxylamine groups is 4. The zero-order valence-corrected chi connectivity index (χ0v) is 25.2. The van der Waals surface area contributed by atoms with Crippen molar-refractivity contribution in [2.24, 2.45) is 5.41 Å².